The molecule has 0 N–H and O–H groups in total. The summed E-state index contributed by atoms with van der Waals surface area (Å²) in [6.45, 7) is 8.26. The molecule has 0 amide bonds. The van der Waals surface area contributed by atoms with Crippen LogP contribution in [-0.2, 0) is 4.74 Å². The Morgan fingerprint density at radius 3 is 2.62 bits per heavy atom. The van der Waals surface area contributed by atoms with Crippen LogP contribution in [0.3, 0.4) is 0 Å². The van der Waals surface area contributed by atoms with Gasteiger partial charge in [0.1, 0.15) is 0 Å². The summed E-state index contributed by atoms with van der Waals surface area (Å²) in [5.41, 5.74) is 2.55. The van der Waals surface area contributed by atoms with Gasteiger partial charge >= 0.3 is 0 Å². The predicted molar refractivity (Wildman–Crippen MR) is 69.9 cm³/mol. The molecule has 1 aliphatic rings. The Hall–Kier alpha value is -0.630. The van der Waals surface area contributed by atoms with Gasteiger partial charge in [-0.2, -0.15) is 0 Å². The highest BCUT2D eigenvalue weighted by Gasteiger charge is 2.17. The van der Waals surface area contributed by atoms with Crippen LogP contribution in [0.5, 0.6) is 0 Å². The molecule has 0 radical (unpaired) electrons. The summed E-state index contributed by atoms with van der Waals surface area (Å²) < 4.78 is 5.39. The third-order valence-electron chi connectivity index (χ3n) is 3.15. The van der Waals surface area contributed by atoms with Crippen molar-refractivity contribution in [2.45, 2.75) is 52.9 Å². The van der Waals surface area contributed by atoms with Gasteiger partial charge in [-0.25, -0.2) is 0 Å². The molecular formula is C14H25NO. The van der Waals surface area contributed by atoms with Gasteiger partial charge in [0.2, 0.25) is 0 Å². The third-order valence-corrected chi connectivity index (χ3v) is 3.15. The quantitative estimate of drug-likeness (QED) is 0.646. The second-order valence-corrected chi connectivity index (χ2v) is 4.55. The molecule has 0 aromatic heterocycles. The Bertz CT molecular complexity index is 249. The van der Waals surface area contributed by atoms with Crippen molar-refractivity contribution in [2.24, 2.45) is 10.9 Å². The summed E-state index contributed by atoms with van der Waals surface area (Å²) in [6.07, 6.45) is 8.06. The lowest BCUT2D eigenvalue weighted by Gasteiger charge is -2.22. The number of ether oxygens (including phenoxy) is 1. The molecule has 0 aliphatic carbocycles. The first-order valence-corrected chi connectivity index (χ1v) is 6.56. The van der Waals surface area contributed by atoms with E-state index >= 15 is 0 Å². The van der Waals surface area contributed by atoms with Gasteiger partial charge in [-0.3, -0.25) is 4.99 Å². The van der Waals surface area contributed by atoms with Crippen molar-refractivity contribution in [1.29, 1.82) is 0 Å². The first kappa shape index (κ1) is 13.4. The third kappa shape index (κ3) is 4.48. The molecule has 1 saturated heterocycles. The first-order chi connectivity index (χ1) is 7.77. The molecule has 1 heterocycles. The van der Waals surface area contributed by atoms with E-state index in [9.17, 15) is 0 Å². The normalized spacial score (nSPS) is 20.2. The fourth-order valence-electron chi connectivity index (χ4n) is 2.09. The van der Waals surface area contributed by atoms with Crippen LogP contribution in [0, 0.1) is 5.92 Å². The second kappa shape index (κ2) is 7.61. The average molecular weight is 223 g/mol. The van der Waals surface area contributed by atoms with Crippen LogP contribution >= 0.6 is 0 Å². The summed E-state index contributed by atoms with van der Waals surface area (Å²) in [5.74, 6) is 0.621. The van der Waals surface area contributed by atoms with Crippen LogP contribution in [0.1, 0.15) is 52.9 Å². The fraction of sp³-hybridized carbons (Fsp3) is 0.786. The van der Waals surface area contributed by atoms with Crippen molar-refractivity contribution in [3.63, 3.8) is 0 Å². The number of allylic oxidation sites excluding steroid dienone is 2. The van der Waals surface area contributed by atoms with Crippen molar-refractivity contribution in [2.75, 3.05) is 13.2 Å². The molecule has 2 nitrogen and oxygen atoms in total. The van der Waals surface area contributed by atoms with Crippen LogP contribution in [0.25, 0.3) is 0 Å². The zero-order valence-electron chi connectivity index (χ0n) is 11.0. The minimum Gasteiger partial charge on any atom is -0.381 e. The van der Waals surface area contributed by atoms with E-state index < -0.39 is 0 Å². The maximum atomic E-state index is 5.39. The zero-order valence-corrected chi connectivity index (χ0v) is 11.0. The van der Waals surface area contributed by atoms with Gasteiger partial charge < -0.3 is 4.74 Å². The van der Waals surface area contributed by atoms with E-state index in [2.05, 4.69) is 26.8 Å². The molecule has 0 bridgehead atoms. The molecular weight excluding hydrogens is 198 g/mol. The minimum absolute atomic E-state index is 0.621. The van der Waals surface area contributed by atoms with Crippen LogP contribution in [0.4, 0.5) is 0 Å². The summed E-state index contributed by atoms with van der Waals surface area (Å²) in [5, 5.41) is 0. The van der Waals surface area contributed by atoms with Crippen molar-refractivity contribution < 1.29 is 4.74 Å². The molecule has 0 saturated carbocycles. The van der Waals surface area contributed by atoms with Gasteiger partial charge in [0.25, 0.3) is 0 Å². The molecule has 1 fully saturated rings. The lowest BCUT2D eigenvalue weighted by atomic mass is 9.96. The summed E-state index contributed by atoms with van der Waals surface area (Å²) >= 11 is 0. The van der Waals surface area contributed by atoms with E-state index in [1.165, 1.54) is 24.3 Å². The first-order valence-electron chi connectivity index (χ1n) is 6.56. The molecule has 16 heavy (non-hydrogen) atoms. The average Bonchev–Trinajstić information content (AvgIpc) is 2.34. The smallest absolute Gasteiger partial charge is 0.0472 e. The maximum absolute atomic E-state index is 5.39. The molecule has 92 valence electrons. The molecule has 0 spiro atoms. The van der Waals surface area contributed by atoms with Crippen molar-refractivity contribution in [3.05, 3.63) is 11.8 Å². The Morgan fingerprint density at radius 2 is 2.06 bits per heavy atom. The monoisotopic (exact) mass is 223 g/mol. The highest BCUT2D eigenvalue weighted by atomic mass is 16.5. The van der Waals surface area contributed by atoms with Crippen LogP contribution in [0.15, 0.2) is 16.8 Å². The van der Waals surface area contributed by atoms with Gasteiger partial charge in [-0.15, -0.1) is 0 Å². The number of hydrogen-bond donors (Lipinski definition) is 0. The maximum Gasteiger partial charge on any atom is 0.0472 e. The van der Waals surface area contributed by atoms with E-state index in [-0.39, 0.29) is 0 Å². The number of nitrogens with zero attached hydrogens (tertiary/aromatic N) is 1. The van der Waals surface area contributed by atoms with E-state index in [1.54, 1.807) is 0 Å². The van der Waals surface area contributed by atoms with Gasteiger partial charge in [0.05, 0.1) is 0 Å². The highest BCUT2D eigenvalue weighted by molar-refractivity contribution is 5.82. The van der Waals surface area contributed by atoms with Gasteiger partial charge in [0, 0.05) is 30.5 Å². The van der Waals surface area contributed by atoms with E-state index in [4.69, 9.17) is 9.73 Å². The van der Waals surface area contributed by atoms with Crippen LogP contribution in [0.2, 0.25) is 0 Å². The molecule has 1 aliphatic heterocycles. The second-order valence-electron chi connectivity index (χ2n) is 4.55. The van der Waals surface area contributed by atoms with Gasteiger partial charge in [0.15, 0.2) is 0 Å². The highest BCUT2D eigenvalue weighted by Crippen LogP contribution is 2.24. The van der Waals surface area contributed by atoms with Gasteiger partial charge in [-0.1, -0.05) is 19.4 Å². The van der Waals surface area contributed by atoms with Crippen LogP contribution < -0.4 is 0 Å². The summed E-state index contributed by atoms with van der Waals surface area (Å²) in [4.78, 5) is 4.78. The Kier molecular flexibility index (Phi) is 6.39. The van der Waals surface area contributed by atoms with E-state index in [1.807, 2.05) is 0 Å². The largest absolute Gasteiger partial charge is 0.381 e. The summed E-state index contributed by atoms with van der Waals surface area (Å²) in [6, 6.07) is 0. The lowest BCUT2D eigenvalue weighted by molar-refractivity contribution is 0.0754. The molecule has 0 aromatic carbocycles. The van der Waals surface area contributed by atoms with Crippen LogP contribution in [-0.4, -0.2) is 18.9 Å². The lowest BCUT2D eigenvalue weighted by Crippen LogP contribution is -2.17. The Labute approximate surface area is 99.8 Å². The molecule has 0 unspecified atom stereocenters. The Morgan fingerprint density at radius 1 is 1.38 bits per heavy atom. The SMILES string of the molecule is C/C=C(\N=C(\C)CCCC)C1CCOCC1. The molecule has 0 aromatic rings. The van der Waals surface area contributed by atoms with Crippen molar-refractivity contribution in [3.8, 4) is 0 Å². The van der Waals surface area contributed by atoms with E-state index in [0.29, 0.717) is 5.92 Å². The summed E-state index contributed by atoms with van der Waals surface area (Å²) in [7, 11) is 0. The van der Waals surface area contributed by atoms with Crippen molar-refractivity contribution in [1.82, 2.24) is 0 Å². The zero-order chi connectivity index (χ0) is 11.8. The number of hydrogen-bond acceptors (Lipinski definition) is 2. The van der Waals surface area contributed by atoms with Gasteiger partial charge in [-0.05, 0) is 39.5 Å². The number of unbranched alkanes of at least 4 members (excludes halogenated alkanes) is 1. The molecule has 1 rings (SSSR count). The number of aliphatic imine (C=N–C) groups is 1. The number of rotatable bonds is 5. The minimum atomic E-state index is 0.621. The fourth-order valence-corrected chi connectivity index (χ4v) is 2.09. The molecule has 2 heteroatoms. The standard InChI is InChI=1S/C14H25NO/c1-4-6-7-12(3)15-14(5-2)13-8-10-16-11-9-13/h5,13H,4,6-11H2,1-3H3/b14-5-,15-12-. The topological polar surface area (TPSA) is 21.6 Å². The van der Waals surface area contributed by atoms with E-state index in [0.717, 1.165) is 32.5 Å². The van der Waals surface area contributed by atoms with Crippen molar-refractivity contribution >= 4 is 5.71 Å². The Balaban J connectivity index is 2.53. The predicted octanol–water partition coefficient (Wildman–Crippen LogP) is 3.97. The molecule has 0 atom stereocenters.